The Morgan fingerprint density at radius 1 is 0.917 bits per heavy atom. The van der Waals surface area contributed by atoms with Crippen LogP contribution < -0.4 is 26.6 Å². The van der Waals surface area contributed by atoms with Gasteiger partial charge in [0.05, 0.1) is 11.4 Å². The lowest BCUT2D eigenvalue weighted by Gasteiger charge is -2.30. The second kappa shape index (κ2) is 11.1. The van der Waals surface area contributed by atoms with Crippen LogP contribution in [0.25, 0.3) is 0 Å². The molecular formula is C25H29FN6O4. The number of primary amides is 1. The van der Waals surface area contributed by atoms with E-state index in [-0.39, 0.29) is 18.2 Å². The smallest absolute Gasteiger partial charge is 0.319 e. The van der Waals surface area contributed by atoms with Gasteiger partial charge in [-0.15, -0.1) is 0 Å². The third-order valence-corrected chi connectivity index (χ3v) is 6.33. The molecule has 0 saturated carbocycles. The zero-order chi connectivity index (χ0) is 25.7. The molecule has 1 atom stereocenters. The van der Waals surface area contributed by atoms with E-state index in [4.69, 9.17) is 5.73 Å². The molecule has 190 valence electrons. The molecule has 36 heavy (non-hydrogen) atoms. The summed E-state index contributed by atoms with van der Waals surface area (Å²) in [7, 11) is 0. The number of nitrogens with two attached hydrogens (primary N) is 1. The Morgan fingerprint density at radius 2 is 1.64 bits per heavy atom. The normalized spacial score (nSPS) is 17.4. The summed E-state index contributed by atoms with van der Waals surface area (Å²) in [6.45, 7) is 2.09. The fourth-order valence-electron chi connectivity index (χ4n) is 4.47. The molecule has 0 aliphatic carbocycles. The van der Waals surface area contributed by atoms with Crippen LogP contribution in [-0.4, -0.2) is 60.9 Å². The van der Waals surface area contributed by atoms with Gasteiger partial charge in [-0.25, -0.2) is 9.18 Å². The highest BCUT2D eigenvalue weighted by Crippen LogP contribution is 2.30. The number of rotatable bonds is 5. The molecule has 0 radical (unpaired) electrons. The predicted molar refractivity (Wildman–Crippen MR) is 133 cm³/mol. The van der Waals surface area contributed by atoms with Gasteiger partial charge in [-0.1, -0.05) is 0 Å². The number of hydrogen-bond donors (Lipinski definition) is 4. The van der Waals surface area contributed by atoms with Gasteiger partial charge in [-0.3, -0.25) is 14.4 Å². The van der Waals surface area contributed by atoms with Gasteiger partial charge in [0.1, 0.15) is 5.82 Å². The monoisotopic (exact) mass is 496 g/mol. The highest BCUT2D eigenvalue weighted by atomic mass is 19.1. The van der Waals surface area contributed by atoms with Crippen molar-refractivity contribution in [3.05, 3.63) is 53.8 Å². The van der Waals surface area contributed by atoms with Crippen molar-refractivity contribution < 1.29 is 23.6 Å². The van der Waals surface area contributed by atoms with Gasteiger partial charge in [-0.2, -0.15) is 0 Å². The maximum Gasteiger partial charge on any atom is 0.319 e. The van der Waals surface area contributed by atoms with E-state index >= 15 is 0 Å². The van der Waals surface area contributed by atoms with E-state index in [1.807, 2.05) is 0 Å². The molecule has 5 N–H and O–H groups in total. The minimum Gasteiger partial charge on any atom is -0.370 e. The third kappa shape index (κ3) is 6.09. The molecule has 2 aromatic carbocycles. The zero-order valence-corrected chi connectivity index (χ0v) is 19.8. The van der Waals surface area contributed by atoms with Gasteiger partial charge in [0.15, 0.2) is 0 Å². The molecule has 2 saturated heterocycles. The summed E-state index contributed by atoms with van der Waals surface area (Å²) < 4.78 is 13.0. The maximum absolute atomic E-state index is 13.0. The zero-order valence-electron chi connectivity index (χ0n) is 19.8. The number of anilines is 3. The Morgan fingerprint density at radius 3 is 2.33 bits per heavy atom. The summed E-state index contributed by atoms with van der Waals surface area (Å²) in [5.74, 6) is -2.60. The van der Waals surface area contributed by atoms with Crippen molar-refractivity contribution in [2.24, 2.45) is 5.73 Å². The van der Waals surface area contributed by atoms with Crippen LogP contribution in [-0.2, 0) is 9.59 Å². The first kappa shape index (κ1) is 25.0. The molecule has 2 aliphatic rings. The van der Waals surface area contributed by atoms with Gasteiger partial charge >= 0.3 is 17.8 Å². The number of halogens is 1. The highest BCUT2D eigenvalue weighted by molar-refractivity contribution is 6.40. The minimum atomic E-state index is -0.828. The number of carbonyl (C=O) groups is 4. The van der Waals surface area contributed by atoms with Crippen LogP contribution in [0.2, 0.25) is 0 Å². The van der Waals surface area contributed by atoms with E-state index in [0.29, 0.717) is 24.3 Å². The Kier molecular flexibility index (Phi) is 7.67. The van der Waals surface area contributed by atoms with Gasteiger partial charge in [0.25, 0.3) is 0 Å². The summed E-state index contributed by atoms with van der Waals surface area (Å²) in [6, 6.07) is 9.36. The van der Waals surface area contributed by atoms with Gasteiger partial charge in [-0.05, 0) is 68.1 Å². The van der Waals surface area contributed by atoms with Crippen LogP contribution in [0.1, 0.15) is 36.0 Å². The maximum atomic E-state index is 13.0. The van der Waals surface area contributed by atoms with E-state index in [1.54, 1.807) is 12.1 Å². The van der Waals surface area contributed by atoms with Gasteiger partial charge in [0, 0.05) is 43.5 Å². The van der Waals surface area contributed by atoms with Crippen LogP contribution in [0, 0.1) is 5.82 Å². The highest BCUT2D eigenvalue weighted by Gasteiger charge is 2.31. The number of carbonyl (C=O) groups excluding carboxylic acids is 4. The van der Waals surface area contributed by atoms with Crippen LogP contribution in [0.15, 0.2) is 42.5 Å². The number of hydrogen-bond acceptors (Lipinski definition) is 5. The summed E-state index contributed by atoms with van der Waals surface area (Å²) in [5, 5.41) is 8.03. The Bertz CT molecular complexity index is 1150. The predicted octanol–water partition coefficient (Wildman–Crippen LogP) is 2.28. The lowest BCUT2D eigenvalue weighted by atomic mass is 10.1. The van der Waals surface area contributed by atoms with E-state index in [1.165, 1.54) is 35.2 Å². The fraction of sp³-hybridized carbons (Fsp3) is 0.360. The molecular weight excluding hydrogens is 467 g/mol. The first-order valence-electron chi connectivity index (χ1n) is 11.9. The van der Waals surface area contributed by atoms with Crippen molar-refractivity contribution in [3.8, 4) is 0 Å². The first-order valence-corrected chi connectivity index (χ1v) is 11.9. The third-order valence-electron chi connectivity index (χ3n) is 6.33. The number of likely N-dealkylation sites (tertiary alicyclic amines) is 1. The Balaban J connectivity index is 1.36. The first-order chi connectivity index (χ1) is 17.3. The van der Waals surface area contributed by atoms with E-state index in [2.05, 4.69) is 20.9 Å². The molecule has 0 bridgehead atoms. The summed E-state index contributed by atoms with van der Waals surface area (Å²) in [6.07, 6.45) is 3.63. The van der Waals surface area contributed by atoms with E-state index in [0.717, 1.165) is 38.0 Å². The van der Waals surface area contributed by atoms with Crippen LogP contribution >= 0.6 is 0 Å². The van der Waals surface area contributed by atoms with E-state index < -0.39 is 29.6 Å². The Labute approximate surface area is 208 Å². The molecule has 11 heteroatoms. The summed E-state index contributed by atoms with van der Waals surface area (Å²) >= 11 is 0. The molecule has 2 aliphatic heterocycles. The Hall–Kier alpha value is -4.15. The van der Waals surface area contributed by atoms with Gasteiger partial charge < -0.3 is 31.5 Å². The molecule has 10 nitrogen and oxygen atoms in total. The molecule has 5 amide bonds. The van der Waals surface area contributed by atoms with Gasteiger partial charge in [0.2, 0.25) is 5.91 Å². The molecule has 2 fully saturated rings. The average molecular weight is 497 g/mol. The van der Waals surface area contributed by atoms with Crippen molar-refractivity contribution in [3.63, 3.8) is 0 Å². The summed E-state index contributed by atoms with van der Waals surface area (Å²) in [5.41, 5.74) is 7.18. The van der Waals surface area contributed by atoms with Crippen molar-refractivity contribution >= 4 is 40.8 Å². The van der Waals surface area contributed by atoms with Crippen molar-refractivity contribution in [1.29, 1.82) is 0 Å². The van der Waals surface area contributed by atoms with E-state index in [9.17, 15) is 23.6 Å². The lowest BCUT2D eigenvalue weighted by molar-refractivity contribution is -0.142. The lowest BCUT2D eigenvalue weighted by Crippen LogP contribution is -2.43. The average Bonchev–Trinajstić information content (AvgIpc) is 3.33. The SMILES string of the molecule is NC(=O)c1ccc(N2CCCCC2)c(NC(=O)C(=O)N2CCC(NC(=O)Nc3ccc(F)cc3)C2)c1. The minimum absolute atomic E-state index is 0.170. The quantitative estimate of drug-likeness (QED) is 0.471. The number of urea groups is 1. The summed E-state index contributed by atoms with van der Waals surface area (Å²) in [4.78, 5) is 53.1. The molecule has 2 aromatic rings. The number of nitrogens with one attached hydrogen (secondary N) is 3. The largest absolute Gasteiger partial charge is 0.370 e. The van der Waals surface area contributed by atoms with Crippen molar-refractivity contribution in [1.82, 2.24) is 10.2 Å². The van der Waals surface area contributed by atoms with Crippen LogP contribution in [0.3, 0.4) is 0 Å². The molecule has 4 rings (SSSR count). The molecule has 0 aromatic heterocycles. The fourth-order valence-corrected chi connectivity index (χ4v) is 4.47. The number of piperidine rings is 1. The number of amides is 5. The number of benzene rings is 2. The van der Waals surface area contributed by atoms with Crippen LogP contribution in [0.4, 0.5) is 26.2 Å². The molecule has 2 heterocycles. The molecule has 1 unspecified atom stereocenters. The second-order valence-electron chi connectivity index (χ2n) is 8.94. The van der Waals surface area contributed by atoms with Crippen molar-refractivity contribution in [2.45, 2.75) is 31.7 Å². The standard InChI is InChI=1S/C25H29FN6O4/c26-17-5-7-18(8-6-17)28-25(36)29-19-10-13-32(15-19)24(35)23(34)30-20-14-16(22(27)33)4-9-21(20)31-11-2-1-3-12-31/h4-9,14,19H,1-3,10-13,15H2,(H2,27,33)(H,30,34)(H2,28,29,36). The van der Waals surface area contributed by atoms with Crippen LogP contribution in [0.5, 0.6) is 0 Å². The second-order valence-corrected chi connectivity index (χ2v) is 8.94. The van der Waals surface area contributed by atoms with Crippen molar-refractivity contribution in [2.75, 3.05) is 41.7 Å². The number of nitrogens with zero attached hydrogens (tertiary/aromatic N) is 2. The molecule has 0 spiro atoms. The topological polar surface area (TPSA) is 137 Å².